The molecule has 0 fully saturated rings. The highest BCUT2D eigenvalue weighted by Gasteiger charge is 1.95. The van der Waals surface area contributed by atoms with E-state index in [0.29, 0.717) is 13.1 Å². The van der Waals surface area contributed by atoms with Crippen LogP contribution in [0.5, 0.6) is 0 Å². The average Bonchev–Trinajstić information content (AvgIpc) is 2.72. The molecule has 2 rings (SSSR count). The van der Waals surface area contributed by atoms with E-state index in [1.165, 1.54) is 0 Å². The fourth-order valence-corrected chi connectivity index (χ4v) is 1.13. The second-order valence-corrected chi connectivity index (χ2v) is 2.85. The van der Waals surface area contributed by atoms with Gasteiger partial charge in [0.15, 0.2) is 0 Å². The van der Waals surface area contributed by atoms with Crippen LogP contribution < -0.4 is 5.32 Å². The number of aromatic amines is 1. The lowest BCUT2D eigenvalue weighted by atomic mass is 10.4. The Bertz CT molecular complexity index is 356. The molecule has 0 aliphatic rings. The minimum absolute atomic E-state index is 0.703. The summed E-state index contributed by atoms with van der Waals surface area (Å²) in [6, 6.07) is 3.80. The molecule has 2 aromatic heterocycles. The lowest BCUT2D eigenvalue weighted by Crippen LogP contribution is -2.14. The summed E-state index contributed by atoms with van der Waals surface area (Å²) in [6.45, 7) is 1.41. The maximum Gasteiger partial charge on any atom is 0.120 e. The van der Waals surface area contributed by atoms with Crippen LogP contribution in [-0.4, -0.2) is 20.2 Å². The van der Waals surface area contributed by atoms with Gasteiger partial charge in [0.05, 0.1) is 12.2 Å². The Kier molecular flexibility index (Phi) is 2.82. The highest BCUT2D eigenvalue weighted by Crippen LogP contribution is 1.92. The first kappa shape index (κ1) is 8.83. The monoisotopic (exact) mass is 189 g/mol. The molecular weight excluding hydrogens is 178 g/mol. The molecule has 72 valence electrons. The van der Waals surface area contributed by atoms with E-state index in [4.69, 9.17) is 0 Å². The Labute approximate surface area is 81.6 Å². The second-order valence-electron chi connectivity index (χ2n) is 2.85. The Hall–Kier alpha value is -1.75. The minimum atomic E-state index is 0.703. The topological polar surface area (TPSA) is 66.5 Å². The number of H-pyrrole nitrogens is 1. The summed E-state index contributed by atoms with van der Waals surface area (Å²) in [5.41, 5.74) is 0.930. The van der Waals surface area contributed by atoms with Gasteiger partial charge in [-0.05, 0) is 12.1 Å². The Morgan fingerprint density at radius 3 is 3.00 bits per heavy atom. The zero-order valence-electron chi connectivity index (χ0n) is 7.64. The van der Waals surface area contributed by atoms with Gasteiger partial charge in [-0.25, -0.2) is 4.98 Å². The number of nitrogens with zero attached hydrogens (tertiary/aromatic N) is 3. The molecule has 0 atom stereocenters. The first-order valence-corrected chi connectivity index (χ1v) is 4.41. The van der Waals surface area contributed by atoms with Crippen molar-refractivity contribution in [2.24, 2.45) is 0 Å². The van der Waals surface area contributed by atoms with Crippen molar-refractivity contribution in [3.63, 3.8) is 0 Å². The van der Waals surface area contributed by atoms with Crippen molar-refractivity contribution in [3.8, 4) is 0 Å². The van der Waals surface area contributed by atoms with Gasteiger partial charge in [0.1, 0.15) is 5.82 Å². The predicted molar refractivity (Wildman–Crippen MR) is 51.2 cm³/mol. The van der Waals surface area contributed by atoms with Gasteiger partial charge in [0, 0.05) is 25.1 Å². The summed E-state index contributed by atoms with van der Waals surface area (Å²) in [7, 11) is 0. The molecule has 0 saturated carbocycles. The summed E-state index contributed by atoms with van der Waals surface area (Å²) in [5, 5.41) is 10.9. The number of nitrogens with one attached hydrogen (secondary N) is 2. The van der Waals surface area contributed by atoms with Crippen molar-refractivity contribution in [3.05, 3.63) is 42.2 Å². The smallest absolute Gasteiger partial charge is 0.120 e. The largest absolute Gasteiger partial charge is 0.348 e. The van der Waals surface area contributed by atoms with Gasteiger partial charge in [-0.15, -0.1) is 0 Å². The van der Waals surface area contributed by atoms with Gasteiger partial charge < -0.3 is 10.3 Å². The third-order valence-corrected chi connectivity index (χ3v) is 1.78. The third-order valence-electron chi connectivity index (χ3n) is 1.78. The lowest BCUT2D eigenvalue weighted by molar-refractivity contribution is 0.650. The molecule has 0 aliphatic heterocycles. The van der Waals surface area contributed by atoms with Gasteiger partial charge in [0.25, 0.3) is 0 Å². The summed E-state index contributed by atoms with van der Waals surface area (Å²) in [6.07, 6.45) is 5.20. The van der Waals surface area contributed by atoms with Crippen molar-refractivity contribution < 1.29 is 0 Å². The third kappa shape index (κ3) is 2.37. The van der Waals surface area contributed by atoms with Gasteiger partial charge >= 0.3 is 0 Å². The van der Waals surface area contributed by atoms with E-state index in [0.717, 1.165) is 11.5 Å². The molecule has 0 saturated heterocycles. The molecule has 0 bridgehead atoms. The Balaban J connectivity index is 1.79. The molecule has 5 nitrogen and oxygen atoms in total. The molecule has 0 unspecified atom stereocenters. The number of rotatable bonds is 4. The molecule has 5 heteroatoms. The lowest BCUT2D eigenvalue weighted by Gasteiger charge is -2.00. The van der Waals surface area contributed by atoms with Gasteiger partial charge in [-0.3, -0.25) is 0 Å². The first-order chi connectivity index (χ1) is 6.95. The van der Waals surface area contributed by atoms with E-state index >= 15 is 0 Å². The first-order valence-electron chi connectivity index (χ1n) is 4.41. The molecule has 2 N–H and O–H groups in total. The van der Waals surface area contributed by atoms with Gasteiger partial charge in [-0.2, -0.15) is 10.2 Å². The van der Waals surface area contributed by atoms with Crippen LogP contribution in [0.3, 0.4) is 0 Å². The van der Waals surface area contributed by atoms with E-state index in [-0.39, 0.29) is 0 Å². The van der Waals surface area contributed by atoms with Crippen molar-refractivity contribution in [2.75, 3.05) is 0 Å². The van der Waals surface area contributed by atoms with Crippen LogP contribution in [-0.2, 0) is 13.1 Å². The van der Waals surface area contributed by atoms with Crippen LogP contribution >= 0.6 is 0 Å². The summed E-state index contributed by atoms with van der Waals surface area (Å²) < 4.78 is 0. The van der Waals surface area contributed by atoms with Crippen LogP contribution in [0.15, 0.2) is 30.7 Å². The SMILES string of the molecule is c1cnnc(CNCc2ncc[nH]2)c1. The molecule has 0 radical (unpaired) electrons. The van der Waals surface area contributed by atoms with Crippen LogP contribution in [0.4, 0.5) is 0 Å². The number of imidazole rings is 1. The van der Waals surface area contributed by atoms with Crippen LogP contribution in [0.2, 0.25) is 0 Å². The summed E-state index contributed by atoms with van der Waals surface area (Å²) in [4.78, 5) is 7.11. The van der Waals surface area contributed by atoms with Gasteiger partial charge in [-0.1, -0.05) is 0 Å². The van der Waals surface area contributed by atoms with E-state index in [1.807, 2.05) is 12.1 Å². The Morgan fingerprint density at radius 1 is 1.29 bits per heavy atom. The predicted octanol–water partition coefficient (Wildman–Crippen LogP) is 0.489. The maximum atomic E-state index is 4.09. The quantitative estimate of drug-likeness (QED) is 0.734. The molecular formula is C9H11N5. The van der Waals surface area contributed by atoms with Crippen molar-refractivity contribution in [1.29, 1.82) is 0 Å². The molecule has 0 amide bonds. The molecule has 0 aliphatic carbocycles. The zero-order valence-corrected chi connectivity index (χ0v) is 7.64. The number of hydrogen-bond donors (Lipinski definition) is 2. The molecule has 14 heavy (non-hydrogen) atoms. The van der Waals surface area contributed by atoms with Crippen LogP contribution in [0.25, 0.3) is 0 Å². The fraction of sp³-hybridized carbons (Fsp3) is 0.222. The number of hydrogen-bond acceptors (Lipinski definition) is 4. The van der Waals surface area contributed by atoms with Crippen molar-refractivity contribution in [2.45, 2.75) is 13.1 Å². The highest BCUT2D eigenvalue weighted by atomic mass is 15.1. The van der Waals surface area contributed by atoms with Crippen molar-refractivity contribution in [1.82, 2.24) is 25.5 Å². The molecule has 0 spiro atoms. The standard InChI is InChI=1S/C9H11N5/c1-2-8(14-13-3-1)6-10-7-9-11-4-5-12-9/h1-5,10H,6-7H2,(H,11,12). The Morgan fingerprint density at radius 2 is 2.29 bits per heavy atom. The minimum Gasteiger partial charge on any atom is -0.348 e. The molecule has 2 heterocycles. The van der Waals surface area contributed by atoms with Crippen LogP contribution in [0.1, 0.15) is 11.5 Å². The van der Waals surface area contributed by atoms with E-state index in [9.17, 15) is 0 Å². The highest BCUT2D eigenvalue weighted by molar-refractivity contribution is 4.98. The van der Waals surface area contributed by atoms with Gasteiger partial charge in [0.2, 0.25) is 0 Å². The normalized spacial score (nSPS) is 10.3. The van der Waals surface area contributed by atoms with E-state index < -0.39 is 0 Å². The van der Waals surface area contributed by atoms with E-state index in [2.05, 4.69) is 25.5 Å². The zero-order chi connectivity index (χ0) is 9.64. The maximum absolute atomic E-state index is 4.09. The molecule has 0 aromatic carbocycles. The number of aromatic nitrogens is 4. The summed E-state index contributed by atoms with van der Waals surface area (Å²) in [5.74, 6) is 0.925. The fourth-order valence-electron chi connectivity index (χ4n) is 1.13. The average molecular weight is 189 g/mol. The van der Waals surface area contributed by atoms with E-state index in [1.54, 1.807) is 18.6 Å². The summed E-state index contributed by atoms with van der Waals surface area (Å²) >= 11 is 0. The van der Waals surface area contributed by atoms with Crippen molar-refractivity contribution >= 4 is 0 Å². The second kappa shape index (κ2) is 4.48. The molecule has 2 aromatic rings. The van der Waals surface area contributed by atoms with Crippen LogP contribution in [0, 0.1) is 0 Å².